The molecular weight excluding hydrogens is 386 g/mol. The van der Waals surface area contributed by atoms with Crippen molar-refractivity contribution in [1.82, 2.24) is 9.88 Å². The number of ether oxygens (including phenoxy) is 1. The van der Waals surface area contributed by atoms with Gasteiger partial charge in [-0.1, -0.05) is 19.1 Å². The molecule has 1 saturated heterocycles. The summed E-state index contributed by atoms with van der Waals surface area (Å²) in [6, 6.07) is 6.95. The van der Waals surface area contributed by atoms with Crippen molar-refractivity contribution in [3.8, 4) is 5.75 Å². The van der Waals surface area contributed by atoms with Crippen LogP contribution >= 0.6 is 23.1 Å². The van der Waals surface area contributed by atoms with Gasteiger partial charge in [-0.3, -0.25) is 9.69 Å². The van der Waals surface area contributed by atoms with Crippen LogP contribution in [0.25, 0.3) is 6.08 Å². The summed E-state index contributed by atoms with van der Waals surface area (Å²) in [6.07, 6.45) is 4.25. The molecule has 0 unspecified atom stereocenters. The van der Waals surface area contributed by atoms with E-state index in [1.807, 2.05) is 18.4 Å². The number of aliphatic imine (C=N–C) groups is 1. The lowest BCUT2D eigenvalue weighted by atomic mass is 10.2. The van der Waals surface area contributed by atoms with Crippen molar-refractivity contribution < 1.29 is 19.4 Å². The average molecular weight is 403 g/mol. The van der Waals surface area contributed by atoms with E-state index in [4.69, 9.17) is 9.84 Å². The third kappa shape index (κ3) is 4.95. The summed E-state index contributed by atoms with van der Waals surface area (Å²) in [5.74, 6) is -0.711. The maximum Gasteiger partial charge on any atom is 0.341 e. The van der Waals surface area contributed by atoms with E-state index in [-0.39, 0.29) is 5.91 Å². The quantitative estimate of drug-likeness (QED) is 0.710. The lowest BCUT2D eigenvalue weighted by Gasteiger charge is -2.13. The monoisotopic (exact) mass is 403 g/mol. The third-order valence-corrected chi connectivity index (χ3v) is 5.14. The Morgan fingerprint density at radius 1 is 1.44 bits per heavy atom. The maximum absolute atomic E-state index is 12.8. The number of nitrogens with zero attached hydrogens (tertiary/aromatic N) is 3. The van der Waals surface area contributed by atoms with E-state index >= 15 is 0 Å². The molecule has 2 aromatic rings. The first-order valence-electron chi connectivity index (χ1n) is 8.21. The number of aliphatic carboxylic acids is 1. The second-order valence-electron chi connectivity index (χ2n) is 5.53. The molecule has 1 aromatic carbocycles. The van der Waals surface area contributed by atoms with Gasteiger partial charge in [-0.2, -0.15) is 4.99 Å². The SMILES string of the molecule is CCCN1C(=O)/C(=C\c2cccc(OCC(=O)O)c2)S/C1=N/c1nccs1. The molecule has 0 saturated carbocycles. The van der Waals surface area contributed by atoms with Gasteiger partial charge in [0.15, 0.2) is 11.8 Å². The minimum absolute atomic E-state index is 0.103. The normalized spacial score (nSPS) is 17.1. The molecule has 7 nitrogen and oxygen atoms in total. The van der Waals surface area contributed by atoms with Gasteiger partial charge in [-0.15, -0.1) is 11.3 Å². The average Bonchev–Trinajstić information content (AvgIpc) is 3.25. The van der Waals surface area contributed by atoms with Crippen LogP contribution in [0.1, 0.15) is 18.9 Å². The minimum atomic E-state index is -1.04. The summed E-state index contributed by atoms with van der Waals surface area (Å²) in [7, 11) is 0. The molecule has 0 radical (unpaired) electrons. The summed E-state index contributed by atoms with van der Waals surface area (Å²) < 4.78 is 5.19. The highest BCUT2D eigenvalue weighted by Gasteiger charge is 2.33. The number of thioether (sulfide) groups is 1. The van der Waals surface area contributed by atoms with Crippen LogP contribution in [-0.2, 0) is 9.59 Å². The van der Waals surface area contributed by atoms with Crippen LogP contribution < -0.4 is 4.74 Å². The van der Waals surface area contributed by atoms with E-state index in [1.54, 1.807) is 35.4 Å². The number of carbonyl (C=O) groups excluding carboxylic acids is 1. The number of carboxylic acids is 1. The summed E-state index contributed by atoms with van der Waals surface area (Å²) >= 11 is 2.72. The van der Waals surface area contributed by atoms with E-state index < -0.39 is 12.6 Å². The van der Waals surface area contributed by atoms with Crippen LogP contribution in [0.5, 0.6) is 5.75 Å². The first-order valence-corrected chi connectivity index (χ1v) is 9.90. The van der Waals surface area contributed by atoms with E-state index in [0.717, 1.165) is 12.0 Å². The summed E-state index contributed by atoms with van der Waals surface area (Å²) in [5.41, 5.74) is 0.751. The van der Waals surface area contributed by atoms with Crippen molar-refractivity contribution in [2.24, 2.45) is 4.99 Å². The number of thiazole rings is 1. The maximum atomic E-state index is 12.8. The molecule has 0 aliphatic carbocycles. The minimum Gasteiger partial charge on any atom is -0.482 e. The molecule has 0 atom stereocenters. The Morgan fingerprint density at radius 3 is 3.00 bits per heavy atom. The molecule has 1 aliphatic rings. The van der Waals surface area contributed by atoms with Gasteiger partial charge in [-0.05, 0) is 42.0 Å². The van der Waals surface area contributed by atoms with Crippen LogP contribution in [0, 0.1) is 0 Å². The molecule has 27 heavy (non-hydrogen) atoms. The van der Waals surface area contributed by atoms with E-state index in [9.17, 15) is 9.59 Å². The molecule has 1 amide bonds. The van der Waals surface area contributed by atoms with Gasteiger partial charge < -0.3 is 9.84 Å². The van der Waals surface area contributed by atoms with E-state index in [1.165, 1.54) is 23.1 Å². The highest BCUT2D eigenvalue weighted by molar-refractivity contribution is 8.18. The first-order chi connectivity index (χ1) is 13.1. The molecule has 9 heteroatoms. The van der Waals surface area contributed by atoms with Gasteiger partial charge in [0, 0.05) is 18.1 Å². The smallest absolute Gasteiger partial charge is 0.341 e. The molecule has 0 spiro atoms. The first kappa shape index (κ1) is 19.1. The topological polar surface area (TPSA) is 92.1 Å². The Labute approximate surface area is 164 Å². The predicted octanol–water partition coefficient (Wildman–Crippen LogP) is 3.62. The summed E-state index contributed by atoms with van der Waals surface area (Å²) in [4.78, 5) is 34.2. The van der Waals surface area contributed by atoms with Crippen molar-refractivity contribution in [2.75, 3.05) is 13.2 Å². The summed E-state index contributed by atoms with van der Waals surface area (Å²) in [6.45, 7) is 2.17. The highest BCUT2D eigenvalue weighted by Crippen LogP contribution is 2.34. The molecule has 2 heterocycles. The van der Waals surface area contributed by atoms with Gasteiger partial charge >= 0.3 is 5.97 Å². The largest absolute Gasteiger partial charge is 0.482 e. The van der Waals surface area contributed by atoms with Crippen molar-refractivity contribution in [1.29, 1.82) is 0 Å². The molecule has 0 bridgehead atoms. The van der Waals surface area contributed by atoms with E-state index in [0.29, 0.717) is 27.5 Å². The van der Waals surface area contributed by atoms with Crippen LogP contribution in [-0.4, -0.2) is 45.2 Å². The van der Waals surface area contributed by atoms with Crippen molar-refractivity contribution >= 4 is 51.4 Å². The van der Waals surface area contributed by atoms with Crippen molar-refractivity contribution in [3.63, 3.8) is 0 Å². The number of rotatable bonds is 7. The number of carbonyl (C=O) groups is 2. The lowest BCUT2D eigenvalue weighted by Crippen LogP contribution is -2.29. The van der Waals surface area contributed by atoms with Crippen molar-refractivity contribution in [3.05, 3.63) is 46.3 Å². The number of hydrogen-bond acceptors (Lipinski definition) is 7. The number of amides is 1. The lowest BCUT2D eigenvalue weighted by molar-refractivity contribution is -0.139. The standard InChI is InChI=1S/C18H17N3O4S2/c1-2-7-21-16(24)14(27-18(21)20-17-19-6-8-26-17)10-12-4-3-5-13(9-12)25-11-15(22)23/h3-6,8-10H,2,7,11H2,1H3,(H,22,23)/b14-10+,20-18+. The van der Waals surface area contributed by atoms with Crippen LogP contribution in [0.4, 0.5) is 5.13 Å². The molecular formula is C18H17N3O4S2. The molecule has 3 rings (SSSR count). The van der Waals surface area contributed by atoms with Gasteiger partial charge in [0.05, 0.1) is 4.91 Å². The second-order valence-corrected chi connectivity index (χ2v) is 7.41. The Balaban J connectivity index is 1.84. The fraction of sp³-hybridized carbons (Fsp3) is 0.222. The Bertz CT molecular complexity index is 894. The fourth-order valence-electron chi connectivity index (χ4n) is 2.36. The molecule has 1 aliphatic heterocycles. The Morgan fingerprint density at radius 2 is 2.30 bits per heavy atom. The summed E-state index contributed by atoms with van der Waals surface area (Å²) in [5, 5.41) is 11.8. The van der Waals surface area contributed by atoms with E-state index in [2.05, 4.69) is 9.98 Å². The van der Waals surface area contributed by atoms with Crippen LogP contribution in [0.2, 0.25) is 0 Å². The van der Waals surface area contributed by atoms with Crippen LogP contribution in [0.3, 0.4) is 0 Å². The number of amidine groups is 1. The second kappa shape index (κ2) is 8.83. The predicted molar refractivity (Wildman–Crippen MR) is 106 cm³/mol. The zero-order chi connectivity index (χ0) is 19.2. The third-order valence-electron chi connectivity index (χ3n) is 3.46. The van der Waals surface area contributed by atoms with Gasteiger partial charge in [0.1, 0.15) is 5.75 Å². The fourth-order valence-corrected chi connectivity index (χ4v) is 3.92. The Kier molecular flexibility index (Phi) is 6.25. The highest BCUT2D eigenvalue weighted by atomic mass is 32.2. The van der Waals surface area contributed by atoms with Gasteiger partial charge in [-0.25, -0.2) is 9.78 Å². The zero-order valence-corrected chi connectivity index (χ0v) is 16.1. The number of hydrogen-bond donors (Lipinski definition) is 1. The van der Waals surface area contributed by atoms with Gasteiger partial charge in [0.2, 0.25) is 5.13 Å². The number of benzene rings is 1. The van der Waals surface area contributed by atoms with Crippen LogP contribution in [0.15, 0.2) is 45.7 Å². The molecule has 1 aromatic heterocycles. The zero-order valence-electron chi connectivity index (χ0n) is 14.5. The van der Waals surface area contributed by atoms with Crippen molar-refractivity contribution in [2.45, 2.75) is 13.3 Å². The molecule has 1 N–H and O–H groups in total. The molecule has 140 valence electrons. The molecule has 1 fully saturated rings. The number of aromatic nitrogens is 1. The van der Waals surface area contributed by atoms with Gasteiger partial charge in [0.25, 0.3) is 5.91 Å². The number of carboxylic acid groups (broad SMARTS) is 1. The Hall–Kier alpha value is -2.65.